The van der Waals surface area contributed by atoms with Crippen LogP contribution in [0.4, 0.5) is 5.82 Å². The summed E-state index contributed by atoms with van der Waals surface area (Å²) in [6, 6.07) is 15.9. The van der Waals surface area contributed by atoms with E-state index in [1.807, 2.05) is 23.1 Å². The minimum atomic E-state index is 0.0104. The van der Waals surface area contributed by atoms with Crippen LogP contribution in [0.5, 0.6) is 0 Å². The molecule has 1 amide bonds. The van der Waals surface area contributed by atoms with Crippen molar-refractivity contribution in [3.05, 3.63) is 59.8 Å². The number of nitriles is 1. The summed E-state index contributed by atoms with van der Waals surface area (Å²) < 4.78 is 0. The van der Waals surface area contributed by atoms with Crippen LogP contribution >= 0.6 is 0 Å². The van der Waals surface area contributed by atoms with E-state index in [9.17, 15) is 4.79 Å². The van der Waals surface area contributed by atoms with Crippen molar-refractivity contribution in [3.63, 3.8) is 0 Å². The lowest BCUT2D eigenvalue weighted by Crippen LogP contribution is -2.29. The maximum Gasteiger partial charge on any atom is 0.224 e. The second-order valence-corrected chi connectivity index (χ2v) is 5.99. The highest BCUT2D eigenvalue weighted by molar-refractivity contribution is 5.80. The zero-order valence-electron chi connectivity index (χ0n) is 13.5. The molecule has 0 unspecified atom stereocenters. The summed E-state index contributed by atoms with van der Waals surface area (Å²) in [6.07, 6.45) is 4.03. The third-order valence-electron chi connectivity index (χ3n) is 4.22. The molecule has 122 valence electrons. The number of carbonyl (C=O) groups is 1. The Bertz CT molecular complexity index is 739. The molecule has 1 aromatic heterocycles. The Morgan fingerprint density at radius 1 is 1.25 bits per heavy atom. The van der Waals surface area contributed by atoms with Gasteiger partial charge in [0.05, 0.1) is 11.6 Å². The Hall–Kier alpha value is -2.87. The van der Waals surface area contributed by atoms with E-state index in [2.05, 4.69) is 28.5 Å². The number of pyridine rings is 1. The van der Waals surface area contributed by atoms with E-state index in [-0.39, 0.29) is 11.9 Å². The predicted octanol–water partition coefficient (Wildman–Crippen LogP) is 2.60. The molecule has 1 N–H and O–H groups in total. The number of amides is 1. The summed E-state index contributed by atoms with van der Waals surface area (Å²) in [5.74, 6) is 0.721. The highest BCUT2D eigenvalue weighted by Gasteiger charge is 2.29. The zero-order chi connectivity index (χ0) is 16.8. The minimum Gasteiger partial charge on any atom is -0.364 e. The lowest BCUT2D eigenvalue weighted by molar-refractivity contribution is -0.127. The molecule has 3 rings (SSSR count). The molecule has 0 aliphatic carbocycles. The van der Waals surface area contributed by atoms with Crippen molar-refractivity contribution in [1.29, 1.82) is 5.26 Å². The smallest absolute Gasteiger partial charge is 0.224 e. The monoisotopic (exact) mass is 320 g/mol. The van der Waals surface area contributed by atoms with E-state index < -0.39 is 0 Å². The Labute approximate surface area is 141 Å². The maximum absolute atomic E-state index is 12.2. The molecule has 5 nitrogen and oxygen atoms in total. The maximum atomic E-state index is 12.2. The molecular weight excluding hydrogens is 300 g/mol. The molecule has 1 aliphatic rings. The molecule has 24 heavy (non-hydrogen) atoms. The number of benzene rings is 1. The van der Waals surface area contributed by atoms with Gasteiger partial charge < -0.3 is 10.2 Å². The fraction of sp³-hybridized carbons (Fsp3) is 0.316. The normalized spacial score (nSPS) is 16.9. The summed E-state index contributed by atoms with van der Waals surface area (Å²) in [4.78, 5) is 18.3. The number of aryl methyl sites for hydroxylation is 1. The first kappa shape index (κ1) is 16.0. The molecule has 1 aromatic carbocycles. The summed E-state index contributed by atoms with van der Waals surface area (Å²) in [7, 11) is 0. The summed E-state index contributed by atoms with van der Waals surface area (Å²) in [5, 5.41) is 12.3. The number of carbonyl (C=O) groups excluding carboxylic acids is 1. The first-order valence-corrected chi connectivity index (χ1v) is 8.19. The van der Waals surface area contributed by atoms with Gasteiger partial charge in [0.1, 0.15) is 11.9 Å². The second kappa shape index (κ2) is 7.60. The van der Waals surface area contributed by atoms with Crippen molar-refractivity contribution in [2.45, 2.75) is 25.3 Å². The Morgan fingerprint density at radius 2 is 2.08 bits per heavy atom. The van der Waals surface area contributed by atoms with Crippen LogP contribution in [-0.2, 0) is 11.2 Å². The average molecular weight is 320 g/mol. The van der Waals surface area contributed by atoms with Crippen LogP contribution in [-0.4, -0.2) is 34.9 Å². The van der Waals surface area contributed by atoms with Gasteiger partial charge in [-0.1, -0.05) is 30.3 Å². The molecule has 2 aromatic rings. The van der Waals surface area contributed by atoms with Crippen LogP contribution in [0.15, 0.2) is 48.7 Å². The van der Waals surface area contributed by atoms with Gasteiger partial charge in [0.2, 0.25) is 5.91 Å². The Morgan fingerprint density at radius 3 is 2.88 bits per heavy atom. The van der Waals surface area contributed by atoms with Crippen LogP contribution in [0, 0.1) is 11.3 Å². The van der Waals surface area contributed by atoms with Gasteiger partial charge in [-0.25, -0.2) is 4.98 Å². The number of nitrogens with zero attached hydrogens (tertiary/aromatic N) is 3. The van der Waals surface area contributed by atoms with Crippen molar-refractivity contribution in [1.82, 2.24) is 9.88 Å². The third-order valence-corrected chi connectivity index (χ3v) is 4.22. The molecule has 0 spiro atoms. The van der Waals surface area contributed by atoms with Gasteiger partial charge in [-0.15, -0.1) is 0 Å². The van der Waals surface area contributed by atoms with Gasteiger partial charge >= 0.3 is 0 Å². The molecule has 5 heteroatoms. The number of anilines is 1. The quantitative estimate of drug-likeness (QED) is 0.888. The number of likely N-dealkylation sites (tertiary alicyclic amines) is 1. The minimum absolute atomic E-state index is 0.0104. The molecule has 1 atom stereocenters. The number of rotatable bonds is 6. The van der Waals surface area contributed by atoms with Crippen molar-refractivity contribution in [2.24, 2.45) is 0 Å². The van der Waals surface area contributed by atoms with Crippen molar-refractivity contribution in [2.75, 3.05) is 18.4 Å². The average Bonchev–Trinajstić information content (AvgIpc) is 2.96. The van der Waals surface area contributed by atoms with E-state index in [1.54, 1.807) is 18.3 Å². The second-order valence-electron chi connectivity index (χ2n) is 5.99. The van der Waals surface area contributed by atoms with E-state index >= 15 is 0 Å². The van der Waals surface area contributed by atoms with Gasteiger partial charge in [-0.05, 0) is 30.5 Å². The zero-order valence-corrected chi connectivity index (χ0v) is 13.5. The molecular formula is C19H20N4O. The molecule has 0 saturated carbocycles. The Kier molecular flexibility index (Phi) is 5.07. The van der Waals surface area contributed by atoms with Crippen molar-refractivity contribution < 1.29 is 4.79 Å². The molecule has 1 aliphatic heterocycles. The van der Waals surface area contributed by atoms with Gasteiger partial charge in [0.25, 0.3) is 0 Å². The van der Waals surface area contributed by atoms with E-state index in [0.29, 0.717) is 24.3 Å². The molecule has 0 radical (unpaired) electrons. The first-order valence-electron chi connectivity index (χ1n) is 8.19. The fourth-order valence-corrected chi connectivity index (χ4v) is 3.01. The molecule has 1 saturated heterocycles. The van der Waals surface area contributed by atoms with Crippen LogP contribution in [0.3, 0.4) is 0 Å². The Balaban J connectivity index is 1.51. The summed E-state index contributed by atoms with van der Waals surface area (Å²) in [6.45, 7) is 1.42. The summed E-state index contributed by atoms with van der Waals surface area (Å²) >= 11 is 0. The largest absolute Gasteiger partial charge is 0.364 e. The van der Waals surface area contributed by atoms with Crippen molar-refractivity contribution in [3.8, 4) is 6.07 Å². The van der Waals surface area contributed by atoms with E-state index in [4.69, 9.17) is 5.26 Å². The highest BCUT2D eigenvalue weighted by Crippen LogP contribution is 2.18. The number of hydrogen-bond donors (Lipinski definition) is 1. The van der Waals surface area contributed by atoms with Gasteiger partial charge in [0, 0.05) is 25.7 Å². The van der Waals surface area contributed by atoms with Crippen LogP contribution in [0.2, 0.25) is 0 Å². The fourth-order valence-electron chi connectivity index (χ4n) is 3.01. The highest BCUT2D eigenvalue weighted by atomic mass is 16.2. The number of nitrogens with one attached hydrogen (secondary N) is 1. The SMILES string of the molecule is N#Cc1cccnc1N[C@H]1CC(=O)N(CCCc2ccccc2)C1. The van der Waals surface area contributed by atoms with Crippen LogP contribution in [0.1, 0.15) is 24.0 Å². The first-order chi connectivity index (χ1) is 11.8. The molecule has 1 fully saturated rings. The predicted molar refractivity (Wildman–Crippen MR) is 92.3 cm³/mol. The number of aromatic nitrogens is 1. The summed E-state index contributed by atoms with van der Waals surface area (Å²) in [5.41, 5.74) is 1.80. The standard InChI is InChI=1S/C19H20N4O/c20-13-16-9-4-10-21-19(16)22-17-12-18(24)23(14-17)11-5-8-15-6-2-1-3-7-15/h1-4,6-7,9-10,17H,5,8,11-12,14H2,(H,21,22)/t17-/m0/s1. The lowest BCUT2D eigenvalue weighted by atomic mass is 10.1. The van der Waals surface area contributed by atoms with Gasteiger partial charge in [-0.3, -0.25) is 4.79 Å². The molecule has 0 bridgehead atoms. The van der Waals surface area contributed by atoms with Crippen LogP contribution in [0.25, 0.3) is 0 Å². The van der Waals surface area contributed by atoms with Crippen LogP contribution < -0.4 is 5.32 Å². The van der Waals surface area contributed by atoms with Gasteiger partial charge in [-0.2, -0.15) is 5.26 Å². The van der Waals surface area contributed by atoms with E-state index in [1.165, 1.54) is 5.56 Å². The van der Waals surface area contributed by atoms with Gasteiger partial charge in [0.15, 0.2) is 0 Å². The van der Waals surface area contributed by atoms with Crippen molar-refractivity contribution >= 4 is 11.7 Å². The van der Waals surface area contributed by atoms with E-state index in [0.717, 1.165) is 19.4 Å². The molecule has 2 heterocycles. The lowest BCUT2D eigenvalue weighted by Gasteiger charge is -2.17. The number of hydrogen-bond acceptors (Lipinski definition) is 4. The third kappa shape index (κ3) is 3.90. The topological polar surface area (TPSA) is 69.0 Å².